The molecule has 1 aliphatic rings. The van der Waals surface area contributed by atoms with Gasteiger partial charge in [0.2, 0.25) is 0 Å². The van der Waals surface area contributed by atoms with Crippen LogP contribution in [0.5, 0.6) is 0 Å². The van der Waals surface area contributed by atoms with Gasteiger partial charge in [0.1, 0.15) is 29.0 Å². The molecule has 1 atom stereocenters. The minimum absolute atomic E-state index is 0.00291. The van der Waals surface area contributed by atoms with Gasteiger partial charge in [-0.15, -0.1) is 0 Å². The van der Waals surface area contributed by atoms with Gasteiger partial charge in [-0.3, -0.25) is 4.79 Å². The van der Waals surface area contributed by atoms with E-state index in [0.29, 0.717) is 6.42 Å². The number of hydrogen-bond acceptors (Lipinski definition) is 6. The zero-order valence-corrected chi connectivity index (χ0v) is 15.6. The van der Waals surface area contributed by atoms with Gasteiger partial charge in [0.15, 0.2) is 9.84 Å². The van der Waals surface area contributed by atoms with Gasteiger partial charge in [0.05, 0.1) is 17.2 Å². The van der Waals surface area contributed by atoms with Crippen molar-refractivity contribution in [1.82, 2.24) is 14.9 Å². The Balaban J connectivity index is 1.83. The average Bonchev–Trinajstić information content (AvgIpc) is 2.95. The molecule has 27 heavy (non-hydrogen) atoms. The van der Waals surface area contributed by atoms with Crippen molar-refractivity contribution in [2.45, 2.75) is 19.4 Å². The van der Waals surface area contributed by atoms with E-state index in [1.54, 1.807) is 6.92 Å². The van der Waals surface area contributed by atoms with E-state index in [2.05, 4.69) is 15.3 Å². The van der Waals surface area contributed by atoms with Gasteiger partial charge < -0.3 is 10.2 Å². The van der Waals surface area contributed by atoms with Crippen LogP contribution in [0.2, 0.25) is 0 Å². The first-order valence-electron chi connectivity index (χ1n) is 8.20. The van der Waals surface area contributed by atoms with Crippen LogP contribution in [0.4, 0.5) is 20.3 Å². The third kappa shape index (κ3) is 4.38. The second-order valence-electron chi connectivity index (χ2n) is 6.41. The molecular weight excluding hydrogens is 378 g/mol. The van der Waals surface area contributed by atoms with Crippen molar-refractivity contribution in [1.29, 1.82) is 0 Å². The number of nitrogens with one attached hydrogen (secondary N) is 1. The molecule has 1 unspecified atom stereocenters. The minimum atomic E-state index is -3.13. The average molecular weight is 396 g/mol. The molecule has 1 aliphatic heterocycles. The maximum Gasteiger partial charge on any atom is 0.272 e. The summed E-state index contributed by atoms with van der Waals surface area (Å²) < 4.78 is 50.1. The Morgan fingerprint density at radius 3 is 2.63 bits per heavy atom. The number of amides is 1. The molecule has 10 heteroatoms. The third-order valence-corrected chi connectivity index (χ3v) is 6.08. The largest absolute Gasteiger partial charge is 0.338 e. The molecule has 1 amide bonds. The zero-order valence-electron chi connectivity index (χ0n) is 14.7. The quantitative estimate of drug-likeness (QED) is 0.851. The summed E-state index contributed by atoms with van der Waals surface area (Å²) in [6.45, 7) is 1.57. The highest BCUT2D eigenvalue weighted by molar-refractivity contribution is 7.91. The first-order valence-corrected chi connectivity index (χ1v) is 10.0. The van der Waals surface area contributed by atoms with Gasteiger partial charge in [-0.25, -0.2) is 27.2 Å². The van der Waals surface area contributed by atoms with Crippen molar-refractivity contribution in [3.8, 4) is 0 Å². The fourth-order valence-electron chi connectivity index (χ4n) is 2.90. The van der Waals surface area contributed by atoms with E-state index >= 15 is 0 Å². The van der Waals surface area contributed by atoms with Gasteiger partial charge in [-0.1, -0.05) is 0 Å². The number of carbonyl (C=O) groups excluding carboxylic acids is 1. The van der Waals surface area contributed by atoms with Crippen LogP contribution in [0.3, 0.4) is 0 Å². The lowest BCUT2D eigenvalue weighted by Crippen LogP contribution is -2.38. The van der Waals surface area contributed by atoms with E-state index < -0.39 is 33.4 Å². The van der Waals surface area contributed by atoms with Crippen molar-refractivity contribution in [3.63, 3.8) is 0 Å². The summed E-state index contributed by atoms with van der Waals surface area (Å²) in [4.78, 5) is 22.3. The molecule has 144 valence electrons. The van der Waals surface area contributed by atoms with Crippen molar-refractivity contribution < 1.29 is 22.0 Å². The fourth-order valence-corrected chi connectivity index (χ4v) is 4.67. The van der Waals surface area contributed by atoms with Crippen molar-refractivity contribution >= 4 is 27.2 Å². The summed E-state index contributed by atoms with van der Waals surface area (Å²) in [6.07, 6.45) is 0.376. The van der Waals surface area contributed by atoms with Crippen LogP contribution in [0, 0.1) is 18.6 Å². The van der Waals surface area contributed by atoms with Crippen LogP contribution in [-0.4, -0.2) is 53.8 Å². The molecule has 1 aromatic carbocycles. The lowest BCUT2D eigenvalue weighted by molar-refractivity contribution is 0.0741. The molecule has 3 rings (SSSR count). The SMILES string of the molecule is Cc1nc(Nc2ccc(F)cc2F)cc(C(=O)N(C)C2CCS(=O)(=O)C2)n1. The van der Waals surface area contributed by atoms with Gasteiger partial charge >= 0.3 is 0 Å². The molecule has 2 aromatic rings. The molecule has 0 radical (unpaired) electrons. The number of anilines is 2. The van der Waals surface area contributed by atoms with Crippen LogP contribution < -0.4 is 5.32 Å². The van der Waals surface area contributed by atoms with Crippen LogP contribution in [0.25, 0.3) is 0 Å². The van der Waals surface area contributed by atoms with Crippen LogP contribution in [0.15, 0.2) is 24.3 Å². The Morgan fingerprint density at radius 2 is 2.00 bits per heavy atom. The highest BCUT2D eigenvalue weighted by atomic mass is 32.2. The molecule has 7 nitrogen and oxygen atoms in total. The molecule has 0 saturated carbocycles. The van der Waals surface area contributed by atoms with Gasteiger partial charge in [-0.2, -0.15) is 0 Å². The minimum Gasteiger partial charge on any atom is -0.338 e. The number of rotatable bonds is 4. The second-order valence-corrected chi connectivity index (χ2v) is 8.64. The number of nitrogens with zero attached hydrogens (tertiary/aromatic N) is 3. The molecule has 0 bridgehead atoms. The highest BCUT2D eigenvalue weighted by Crippen LogP contribution is 2.22. The van der Waals surface area contributed by atoms with E-state index in [4.69, 9.17) is 0 Å². The molecule has 1 N–H and O–H groups in total. The number of carbonyl (C=O) groups is 1. The Morgan fingerprint density at radius 1 is 1.26 bits per heavy atom. The normalized spacial score (nSPS) is 18.3. The van der Waals surface area contributed by atoms with Gasteiger partial charge in [0, 0.05) is 25.2 Å². The summed E-state index contributed by atoms with van der Waals surface area (Å²) in [5, 5.41) is 2.70. The Kier molecular flexibility index (Phi) is 5.09. The summed E-state index contributed by atoms with van der Waals surface area (Å²) in [6, 6.07) is 3.98. The smallest absolute Gasteiger partial charge is 0.272 e. The highest BCUT2D eigenvalue weighted by Gasteiger charge is 2.33. The van der Waals surface area contributed by atoms with Crippen LogP contribution in [-0.2, 0) is 9.84 Å². The summed E-state index contributed by atoms with van der Waals surface area (Å²) in [5.74, 6) is -1.54. The van der Waals surface area contributed by atoms with Crippen molar-refractivity contribution in [2.75, 3.05) is 23.9 Å². The molecule has 1 aromatic heterocycles. The molecular formula is C17H18F2N4O3S. The van der Waals surface area contributed by atoms with Gasteiger partial charge in [-0.05, 0) is 25.5 Å². The van der Waals surface area contributed by atoms with E-state index in [-0.39, 0.29) is 34.5 Å². The van der Waals surface area contributed by atoms with Gasteiger partial charge in [0.25, 0.3) is 5.91 Å². The van der Waals surface area contributed by atoms with E-state index in [1.165, 1.54) is 24.1 Å². The standard InChI is InChI=1S/C17H18F2N4O3S/c1-10-20-15(17(24)23(2)12-5-6-27(25,26)9-12)8-16(21-10)22-14-4-3-11(18)7-13(14)19/h3-4,7-8,12H,5-6,9H2,1-2H3,(H,20,21,22). The predicted octanol–water partition coefficient (Wildman–Crippen LogP) is 2.07. The number of benzene rings is 1. The summed E-state index contributed by atoms with van der Waals surface area (Å²) in [5.41, 5.74) is 0.0578. The number of sulfone groups is 1. The Labute approximate surface area is 155 Å². The van der Waals surface area contributed by atoms with E-state index in [0.717, 1.165) is 12.1 Å². The maximum atomic E-state index is 13.8. The molecule has 2 heterocycles. The molecule has 1 saturated heterocycles. The predicted molar refractivity (Wildman–Crippen MR) is 95.6 cm³/mol. The molecule has 1 fully saturated rings. The van der Waals surface area contributed by atoms with Crippen LogP contribution >= 0.6 is 0 Å². The Bertz CT molecular complexity index is 998. The topological polar surface area (TPSA) is 92.3 Å². The summed E-state index contributed by atoms with van der Waals surface area (Å²) in [7, 11) is -1.61. The first kappa shape index (κ1) is 19.2. The lowest BCUT2D eigenvalue weighted by atomic mass is 10.2. The molecule has 0 spiro atoms. The monoisotopic (exact) mass is 396 g/mol. The lowest BCUT2D eigenvalue weighted by Gasteiger charge is -2.23. The zero-order chi connectivity index (χ0) is 19.8. The number of aromatic nitrogens is 2. The van der Waals surface area contributed by atoms with E-state index in [9.17, 15) is 22.0 Å². The van der Waals surface area contributed by atoms with Crippen molar-refractivity contribution in [3.05, 3.63) is 47.4 Å². The number of halogens is 2. The summed E-state index contributed by atoms with van der Waals surface area (Å²) >= 11 is 0. The maximum absolute atomic E-state index is 13.8. The fraction of sp³-hybridized carbons (Fsp3) is 0.353. The van der Waals surface area contributed by atoms with E-state index in [1.807, 2.05) is 0 Å². The molecule has 0 aliphatic carbocycles. The van der Waals surface area contributed by atoms with Crippen molar-refractivity contribution in [2.24, 2.45) is 0 Å². The number of hydrogen-bond donors (Lipinski definition) is 1. The Hall–Kier alpha value is -2.62. The number of aryl methyl sites for hydroxylation is 1. The first-order chi connectivity index (χ1) is 12.6. The second kappa shape index (κ2) is 7.18. The third-order valence-electron chi connectivity index (χ3n) is 4.33. The van der Waals surface area contributed by atoms with Crippen LogP contribution in [0.1, 0.15) is 22.7 Å².